The summed E-state index contributed by atoms with van der Waals surface area (Å²) in [5.74, 6) is 0. The molecule has 1 N–H and O–H groups in total. The van der Waals surface area contributed by atoms with Gasteiger partial charge in [-0.05, 0) is 32.4 Å². The molecule has 0 aliphatic carbocycles. The number of rotatable bonds is 7. The van der Waals surface area contributed by atoms with Crippen molar-refractivity contribution in [3.05, 3.63) is 48.6 Å². The molecule has 0 radical (unpaired) electrons. The largest absolute Gasteiger partial charge is 0.316 e. The quantitative estimate of drug-likeness (QED) is 0.481. The molecule has 0 aliphatic heterocycles. The van der Waals surface area contributed by atoms with Crippen LogP contribution in [0, 0.1) is 0 Å². The highest BCUT2D eigenvalue weighted by atomic mass is 14.8. The minimum atomic E-state index is 0.900. The second-order valence-corrected chi connectivity index (χ2v) is 3.26. The van der Waals surface area contributed by atoms with Gasteiger partial charge in [0, 0.05) is 6.54 Å². The van der Waals surface area contributed by atoms with Gasteiger partial charge in [0.05, 0.1) is 0 Å². The Morgan fingerprint density at radius 2 is 2.07 bits per heavy atom. The maximum Gasteiger partial charge on any atom is 0.0159 e. The van der Waals surface area contributed by atoms with Crippen LogP contribution in [0.3, 0.4) is 0 Å². The Morgan fingerprint density at radius 1 is 1.36 bits per heavy atom. The summed E-state index contributed by atoms with van der Waals surface area (Å²) >= 11 is 0. The lowest BCUT2D eigenvalue weighted by atomic mass is 10.0. The lowest BCUT2D eigenvalue weighted by Gasteiger charge is -2.05. The van der Waals surface area contributed by atoms with Crippen LogP contribution in [0.15, 0.2) is 48.6 Å². The average Bonchev–Trinajstić information content (AvgIpc) is 2.15. The maximum absolute atomic E-state index is 4.00. The summed E-state index contributed by atoms with van der Waals surface area (Å²) in [6.45, 7) is 10.6. The van der Waals surface area contributed by atoms with E-state index in [1.54, 1.807) is 0 Å². The van der Waals surface area contributed by atoms with Crippen molar-refractivity contribution in [1.82, 2.24) is 5.32 Å². The normalized spacial score (nSPS) is 12.0. The molecule has 0 saturated heterocycles. The van der Waals surface area contributed by atoms with E-state index in [0.717, 1.165) is 19.4 Å². The van der Waals surface area contributed by atoms with Gasteiger partial charge in [-0.3, -0.25) is 0 Å². The molecule has 0 aromatic heterocycles. The number of hydrogen-bond donors (Lipinski definition) is 1. The Labute approximate surface area is 87.9 Å². The molecule has 0 bridgehead atoms. The molecule has 1 heteroatoms. The van der Waals surface area contributed by atoms with E-state index in [-0.39, 0.29) is 0 Å². The highest BCUT2D eigenvalue weighted by Crippen LogP contribution is 2.11. The predicted molar refractivity (Wildman–Crippen MR) is 65.4 cm³/mol. The molecule has 0 saturated carbocycles. The van der Waals surface area contributed by atoms with Gasteiger partial charge in [-0.1, -0.05) is 43.0 Å². The summed E-state index contributed by atoms with van der Waals surface area (Å²) in [4.78, 5) is 0. The summed E-state index contributed by atoms with van der Waals surface area (Å²) in [6.07, 6.45) is 10.1. The first kappa shape index (κ1) is 12.9. The number of nitrogens with one attached hydrogen (secondary N) is 1. The highest BCUT2D eigenvalue weighted by Gasteiger charge is 1.95. The first-order valence-electron chi connectivity index (χ1n) is 5.00. The molecular weight excluding hydrogens is 170 g/mol. The van der Waals surface area contributed by atoms with Crippen molar-refractivity contribution in [2.24, 2.45) is 0 Å². The Kier molecular flexibility index (Phi) is 7.86. The second-order valence-electron chi connectivity index (χ2n) is 3.26. The van der Waals surface area contributed by atoms with Crippen molar-refractivity contribution in [2.75, 3.05) is 13.6 Å². The van der Waals surface area contributed by atoms with E-state index >= 15 is 0 Å². The minimum Gasteiger partial charge on any atom is -0.316 e. The molecule has 1 nitrogen and oxygen atoms in total. The Hall–Kier alpha value is -1.08. The summed E-state index contributed by atoms with van der Waals surface area (Å²) < 4.78 is 0. The molecule has 0 unspecified atom stereocenters. The van der Waals surface area contributed by atoms with Gasteiger partial charge < -0.3 is 5.32 Å². The molecule has 0 amide bonds. The van der Waals surface area contributed by atoms with Crippen molar-refractivity contribution < 1.29 is 0 Å². The van der Waals surface area contributed by atoms with Gasteiger partial charge in [0.15, 0.2) is 0 Å². The summed E-state index contributed by atoms with van der Waals surface area (Å²) in [7, 11) is 1.94. The molecule has 0 atom stereocenters. The SMILES string of the molecule is C=C/C=C(\C=C/C)CCC(=C)CNC. The topological polar surface area (TPSA) is 12.0 Å². The van der Waals surface area contributed by atoms with Crippen LogP contribution in [0.4, 0.5) is 0 Å². The Balaban J connectivity index is 4.00. The van der Waals surface area contributed by atoms with E-state index in [1.165, 1.54) is 11.1 Å². The van der Waals surface area contributed by atoms with Crippen molar-refractivity contribution in [3.8, 4) is 0 Å². The van der Waals surface area contributed by atoms with Crippen molar-refractivity contribution in [2.45, 2.75) is 19.8 Å². The maximum atomic E-state index is 4.00. The van der Waals surface area contributed by atoms with Crippen LogP contribution in [0.1, 0.15) is 19.8 Å². The van der Waals surface area contributed by atoms with Crippen molar-refractivity contribution in [3.63, 3.8) is 0 Å². The number of hydrogen-bond acceptors (Lipinski definition) is 1. The summed E-state index contributed by atoms with van der Waals surface area (Å²) in [6, 6.07) is 0. The summed E-state index contributed by atoms with van der Waals surface area (Å²) in [5, 5.41) is 3.10. The molecule has 0 heterocycles. The molecule has 0 spiro atoms. The lowest BCUT2D eigenvalue weighted by molar-refractivity contribution is 0.818. The van der Waals surface area contributed by atoms with Crippen molar-refractivity contribution in [1.29, 1.82) is 0 Å². The highest BCUT2D eigenvalue weighted by molar-refractivity contribution is 5.23. The molecule has 0 aliphatic rings. The van der Waals surface area contributed by atoms with Gasteiger partial charge in [-0.15, -0.1) is 0 Å². The van der Waals surface area contributed by atoms with Crippen LogP contribution in [0.2, 0.25) is 0 Å². The third-order valence-electron chi connectivity index (χ3n) is 1.91. The Bertz CT molecular complexity index is 234. The molecule has 0 aromatic rings. The third-order valence-corrected chi connectivity index (χ3v) is 1.91. The molecule has 14 heavy (non-hydrogen) atoms. The molecule has 0 rings (SSSR count). The van der Waals surface area contributed by atoms with Gasteiger partial charge in [-0.2, -0.15) is 0 Å². The Morgan fingerprint density at radius 3 is 2.57 bits per heavy atom. The van der Waals surface area contributed by atoms with Crippen LogP contribution < -0.4 is 5.32 Å². The van der Waals surface area contributed by atoms with Crippen LogP contribution in [0.25, 0.3) is 0 Å². The van der Waals surface area contributed by atoms with Gasteiger partial charge >= 0.3 is 0 Å². The van der Waals surface area contributed by atoms with E-state index in [2.05, 4.69) is 30.6 Å². The zero-order valence-electron chi connectivity index (χ0n) is 9.34. The zero-order chi connectivity index (χ0) is 10.8. The second kappa shape index (κ2) is 8.52. The number of likely N-dealkylation sites (N-methyl/N-ethyl adjacent to an activating group) is 1. The van der Waals surface area contributed by atoms with Gasteiger partial charge in [0.25, 0.3) is 0 Å². The molecule has 0 fully saturated rings. The predicted octanol–water partition coefficient (Wildman–Crippen LogP) is 3.23. The number of allylic oxidation sites excluding steroid dienone is 5. The van der Waals surface area contributed by atoms with Gasteiger partial charge in [-0.25, -0.2) is 0 Å². The van der Waals surface area contributed by atoms with E-state index in [9.17, 15) is 0 Å². The molecule has 78 valence electrons. The fourth-order valence-corrected chi connectivity index (χ4v) is 1.25. The minimum absolute atomic E-state index is 0.900. The fraction of sp³-hybridized carbons (Fsp3) is 0.385. The summed E-state index contributed by atoms with van der Waals surface area (Å²) in [5.41, 5.74) is 2.55. The van der Waals surface area contributed by atoms with Crippen LogP contribution >= 0.6 is 0 Å². The zero-order valence-corrected chi connectivity index (χ0v) is 9.34. The third kappa shape index (κ3) is 6.44. The van der Waals surface area contributed by atoms with Crippen LogP contribution in [0.5, 0.6) is 0 Å². The van der Waals surface area contributed by atoms with E-state index in [0.29, 0.717) is 0 Å². The molecule has 0 aromatic carbocycles. The fourth-order valence-electron chi connectivity index (χ4n) is 1.25. The average molecular weight is 191 g/mol. The lowest BCUT2D eigenvalue weighted by Crippen LogP contribution is -2.09. The van der Waals surface area contributed by atoms with Gasteiger partial charge in [0.2, 0.25) is 0 Å². The van der Waals surface area contributed by atoms with Crippen LogP contribution in [-0.4, -0.2) is 13.6 Å². The smallest absolute Gasteiger partial charge is 0.0159 e. The van der Waals surface area contributed by atoms with Crippen LogP contribution in [-0.2, 0) is 0 Å². The first-order chi connectivity index (χ1) is 6.74. The van der Waals surface area contributed by atoms with Gasteiger partial charge in [0.1, 0.15) is 0 Å². The monoisotopic (exact) mass is 191 g/mol. The van der Waals surface area contributed by atoms with E-state index in [4.69, 9.17) is 0 Å². The first-order valence-corrected chi connectivity index (χ1v) is 5.00. The van der Waals surface area contributed by atoms with E-state index < -0.39 is 0 Å². The van der Waals surface area contributed by atoms with Crippen molar-refractivity contribution >= 4 is 0 Å². The standard InChI is InChI=1S/C13H21N/c1-5-7-13(8-6-2)10-9-12(3)11-14-4/h5-8,14H,1,3,9-11H2,2,4H3/b8-6-,13-7+. The van der Waals surface area contributed by atoms with E-state index in [1.807, 2.05) is 26.1 Å². The molecular formula is C13H21N.